The maximum atomic E-state index is 12.5. The van der Waals surface area contributed by atoms with E-state index in [0.717, 1.165) is 0 Å². The van der Waals surface area contributed by atoms with Crippen molar-refractivity contribution >= 4 is 49.2 Å². The van der Waals surface area contributed by atoms with Gasteiger partial charge in [0.25, 0.3) is 0 Å². The Bertz CT molecular complexity index is 903. The van der Waals surface area contributed by atoms with E-state index in [2.05, 4.69) is 15.9 Å². The summed E-state index contributed by atoms with van der Waals surface area (Å²) in [6, 6.07) is 8.87. The molecule has 0 fully saturated rings. The van der Waals surface area contributed by atoms with Crippen molar-refractivity contribution in [1.82, 2.24) is 0 Å². The third kappa shape index (κ3) is 4.14. The molecule has 2 rings (SSSR count). The monoisotopic (exact) mass is 449 g/mol. The molecule has 5 nitrogen and oxygen atoms in total. The third-order valence-electron chi connectivity index (χ3n) is 2.79. The van der Waals surface area contributed by atoms with Crippen molar-refractivity contribution < 1.29 is 17.3 Å². The Balaban J connectivity index is 2.49. The first-order valence-electron chi connectivity index (χ1n) is 6.54. The molecule has 0 aromatic heterocycles. The summed E-state index contributed by atoms with van der Waals surface area (Å²) in [5, 5.41) is 8.76. The molecule has 2 aromatic rings. The van der Waals surface area contributed by atoms with Crippen molar-refractivity contribution in [2.75, 3.05) is 6.61 Å². The maximum Gasteiger partial charge on any atom is 0.342 e. The van der Waals surface area contributed by atoms with Crippen LogP contribution < -0.4 is 8.92 Å². The molecule has 24 heavy (non-hydrogen) atoms. The highest BCUT2D eigenvalue weighted by Crippen LogP contribution is 2.37. The van der Waals surface area contributed by atoms with Gasteiger partial charge in [-0.05, 0) is 31.2 Å². The van der Waals surface area contributed by atoms with Crippen LogP contribution >= 0.6 is 39.1 Å². The molecule has 0 atom stereocenters. The molecule has 0 aliphatic heterocycles. The van der Waals surface area contributed by atoms with Gasteiger partial charge in [-0.2, -0.15) is 13.7 Å². The number of benzene rings is 2. The maximum absolute atomic E-state index is 12.5. The van der Waals surface area contributed by atoms with Gasteiger partial charge in [-0.25, -0.2) is 0 Å². The van der Waals surface area contributed by atoms with Gasteiger partial charge in [0.05, 0.1) is 28.3 Å². The van der Waals surface area contributed by atoms with Gasteiger partial charge in [0.1, 0.15) is 4.90 Å². The van der Waals surface area contributed by atoms with Gasteiger partial charge in [0.2, 0.25) is 0 Å². The topological polar surface area (TPSA) is 76.4 Å². The molecule has 0 aliphatic rings. The Kier molecular flexibility index (Phi) is 5.99. The van der Waals surface area contributed by atoms with Crippen LogP contribution in [-0.2, 0) is 10.1 Å². The fourth-order valence-electron chi connectivity index (χ4n) is 1.84. The van der Waals surface area contributed by atoms with Crippen molar-refractivity contribution in [2.45, 2.75) is 11.8 Å². The minimum atomic E-state index is -4.30. The Labute approximate surface area is 158 Å². The summed E-state index contributed by atoms with van der Waals surface area (Å²) in [7, 11) is -4.30. The van der Waals surface area contributed by atoms with E-state index in [1.165, 1.54) is 30.3 Å². The molecular formula is C15H10BrCl2NO4S. The Morgan fingerprint density at radius 3 is 2.33 bits per heavy atom. The van der Waals surface area contributed by atoms with Gasteiger partial charge < -0.3 is 8.92 Å². The first-order valence-corrected chi connectivity index (χ1v) is 9.50. The lowest BCUT2D eigenvalue weighted by Crippen LogP contribution is -2.12. The number of nitriles is 1. The van der Waals surface area contributed by atoms with E-state index in [4.69, 9.17) is 37.4 Å². The van der Waals surface area contributed by atoms with E-state index >= 15 is 0 Å². The number of hydrogen-bond donors (Lipinski definition) is 0. The SMILES string of the molecule is CCOc1cc(C#N)ccc1OS(=O)(=O)c1c(Cl)cc(Br)cc1Cl. The lowest BCUT2D eigenvalue weighted by molar-refractivity contribution is 0.327. The summed E-state index contributed by atoms with van der Waals surface area (Å²) in [5.74, 6) is 0.0652. The van der Waals surface area contributed by atoms with Gasteiger partial charge in [0.15, 0.2) is 11.5 Å². The lowest BCUT2D eigenvalue weighted by atomic mass is 10.2. The number of ether oxygens (including phenoxy) is 1. The normalized spacial score (nSPS) is 11.0. The van der Waals surface area contributed by atoms with Crippen LogP contribution in [0.4, 0.5) is 0 Å². The van der Waals surface area contributed by atoms with Gasteiger partial charge in [-0.1, -0.05) is 39.1 Å². The van der Waals surface area contributed by atoms with Crippen LogP contribution in [0.15, 0.2) is 39.7 Å². The van der Waals surface area contributed by atoms with Crippen LogP contribution in [0.25, 0.3) is 0 Å². The van der Waals surface area contributed by atoms with E-state index in [-0.39, 0.29) is 33.0 Å². The van der Waals surface area contributed by atoms with E-state index in [9.17, 15) is 8.42 Å². The molecule has 0 aliphatic carbocycles. The zero-order valence-electron chi connectivity index (χ0n) is 12.2. The molecular weight excluding hydrogens is 441 g/mol. The zero-order chi connectivity index (χ0) is 17.9. The highest BCUT2D eigenvalue weighted by Gasteiger charge is 2.26. The van der Waals surface area contributed by atoms with E-state index in [1.54, 1.807) is 6.92 Å². The summed E-state index contributed by atoms with van der Waals surface area (Å²) in [4.78, 5) is -0.346. The first-order chi connectivity index (χ1) is 11.3. The summed E-state index contributed by atoms with van der Waals surface area (Å²) < 4.78 is 36.1. The molecule has 0 radical (unpaired) electrons. The molecule has 0 N–H and O–H groups in total. The van der Waals surface area contributed by atoms with Crippen LogP contribution in [-0.4, -0.2) is 15.0 Å². The van der Waals surface area contributed by atoms with Crippen LogP contribution in [0.3, 0.4) is 0 Å². The molecule has 2 aromatic carbocycles. The predicted octanol–water partition coefficient (Wildman–Crippen LogP) is 4.79. The molecule has 0 unspecified atom stereocenters. The van der Waals surface area contributed by atoms with Crippen molar-refractivity contribution in [1.29, 1.82) is 5.26 Å². The van der Waals surface area contributed by atoms with Crippen LogP contribution in [0.5, 0.6) is 11.5 Å². The molecule has 0 saturated heterocycles. The van der Waals surface area contributed by atoms with E-state index in [1.807, 2.05) is 6.07 Å². The molecule has 0 saturated carbocycles. The number of hydrogen-bond acceptors (Lipinski definition) is 5. The van der Waals surface area contributed by atoms with Crippen molar-refractivity contribution in [3.8, 4) is 17.6 Å². The van der Waals surface area contributed by atoms with Gasteiger partial charge in [-0.3, -0.25) is 0 Å². The lowest BCUT2D eigenvalue weighted by Gasteiger charge is -2.13. The molecule has 0 amide bonds. The van der Waals surface area contributed by atoms with E-state index < -0.39 is 10.1 Å². The summed E-state index contributed by atoms with van der Waals surface area (Å²) in [5.41, 5.74) is 0.308. The fraction of sp³-hybridized carbons (Fsp3) is 0.133. The largest absolute Gasteiger partial charge is 0.490 e. The molecule has 126 valence electrons. The molecule has 9 heteroatoms. The van der Waals surface area contributed by atoms with Crippen molar-refractivity contribution in [2.24, 2.45) is 0 Å². The van der Waals surface area contributed by atoms with E-state index in [0.29, 0.717) is 10.0 Å². The molecule has 0 spiro atoms. The second-order valence-electron chi connectivity index (χ2n) is 4.44. The van der Waals surface area contributed by atoms with Gasteiger partial charge in [-0.15, -0.1) is 0 Å². The Hall–Kier alpha value is -1.46. The highest BCUT2D eigenvalue weighted by atomic mass is 79.9. The average Bonchev–Trinajstić information content (AvgIpc) is 2.47. The third-order valence-corrected chi connectivity index (χ3v) is 5.40. The fourth-order valence-corrected chi connectivity index (χ4v) is 4.67. The molecule has 0 bridgehead atoms. The smallest absolute Gasteiger partial charge is 0.342 e. The number of nitrogens with zero attached hydrogens (tertiary/aromatic N) is 1. The number of rotatable bonds is 5. The first kappa shape index (κ1) is 18.9. The van der Waals surface area contributed by atoms with Gasteiger partial charge in [0, 0.05) is 10.5 Å². The quantitative estimate of drug-likeness (QED) is 0.611. The Morgan fingerprint density at radius 1 is 1.17 bits per heavy atom. The van der Waals surface area contributed by atoms with Crippen LogP contribution in [0.2, 0.25) is 10.0 Å². The Morgan fingerprint density at radius 2 is 1.79 bits per heavy atom. The summed E-state index contributed by atoms with van der Waals surface area (Å²) in [6.07, 6.45) is 0. The van der Waals surface area contributed by atoms with Crippen molar-refractivity contribution in [3.05, 3.63) is 50.4 Å². The average molecular weight is 451 g/mol. The van der Waals surface area contributed by atoms with Gasteiger partial charge >= 0.3 is 10.1 Å². The summed E-state index contributed by atoms with van der Waals surface area (Å²) in [6.45, 7) is 1.99. The highest BCUT2D eigenvalue weighted by molar-refractivity contribution is 9.10. The standard InChI is InChI=1S/C15H10BrCl2NO4S/c1-2-22-14-5-9(8-19)3-4-13(14)23-24(20,21)15-11(17)6-10(16)7-12(15)18/h3-7H,2H2,1H3. The number of halogens is 3. The second-order valence-corrected chi connectivity index (χ2v) is 7.66. The predicted molar refractivity (Wildman–Crippen MR) is 94.3 cm³/mol. The minimum Gasteiger partial charge on any atom is -0.490 e. The minimum absolute atomic E-state index is 0.0640. The van der Waals surface area contributed by atoms with Crippen LogP contribution in [0, 0.1) is 11.3 Å². The molecule has 0 heterocycles. The second kappa shape index (κ2) is 7.62. The summed E-state index contributed by atoms with van der Waals surface area (Å²) >= 11 is 15.1. The zero-order valence-corrected chi connectivity index (χ0v) is 16.1. The van der Waals surface area contributed by atoms with Crippen molar-refractivity contribution in [3.63, 3.8) is 0 Å². The van der Waals surface area contributed by atoms with Crippen LogP contribution in [0.1, 0.15) is 12.5 Å².